The largest absolute Gasteiger partial charge is 0.340 e. The molecule has 2 aromatic carbocycles. The van der Waals surface area contributed by atoms with E-state index in [1.807, 2.05) is 30.3 Å². The molecule has 1 N–H and O–H groups in total. The number of rotatable bonds is 4. The van der Waals surface area contributed by atoms with E-state index in [0.717, 1.165) is 15.9 Å². The van der Waals surface area contributed by atoms with Crippen molar-refractivity contribution in [3.8, 4) is 0 Å². The third-order valence-corrected chi connectivity index (χ3v) is 5.03. The van der Waals surface area contributed by atoms with Gasteiger partial charge in [0, 0.05) is 18.0 Å². The first-order valence-corrected chi connectivity index (χ1v) is 9.54. The van der Waals surface area contributed by atoms with E-state index in [2.05, 4.69) is 19.9 Å². The molecule has 0 saturated heterocycles. The monoisotopic (exact) mass is 395 g/mol. The van der Waals surface area contributed by atoms with Crippen molar-refractivity contribution in [3.05, 3.63) is 89.9 Å². The quantitative estimate of drug-likeness (QED) is 0.423. The normalized spacial score (nSPS) is 16.4. The molecule has 0 bridgehead atoms. The molecule has 3 heterocycles. The Kier molecular flexibility index (Phi) is 4.40. The van der Waals surface area contributed by atoms with Crippen molar-refractivity contribution in [2.75, 3.05) is 4.90 Å². The average molecular weight is 395 g/mol. The summed E-state index contributed by atoms with van der Waals surface area (Å²) in [6.45, 7) is 0.304. The number of hydrogen-bond donors (Lipinski definition) is 1. The number of nitrogens with one attached hydrogen (secondary N) is 1. The van der Waals surface area contributed by atoms with Gasteiger partial charge in [-0.05, 0) is 35.9 Å². The summed E-state index contributed by atoms with van der Waals surface area (Å²) in [6, 6.07) is 20.0. The number of anilines is 1. The Morgan fingerprint density at radius 2 is 1.80 bits per heavy atom. The molecule has 5 rings (SSSR count). The maximum atomic E-state index is 13.2. The molecule has 1 aliphatic heterocycles. The van der Waals surface area contributed by atoms with Crippen LogP contribution in [0.25, 0.3) is 11.0 Å². The van der Waals surface area contributed by atoms with Gasteiger partial charge in [-0.1, -0.05) is 36.4 Å². The van der Waals surface area contributed by atoms with Gasteiger partial charge in [0.2, 0.25) is 5.91 Å². The Bertz CT molecular complexity index is 1250. The molecule has 30 heavy (non-hydrogen) atoms. The molecule has 146 valence electrons. The molecule has 4 aromatic rings. The highest BCUT2D eigenvalue weighted by Crippen LogP contribution is 2.31. The number of aromatic nitrogens is 3. The van der Waals surface area contributed by atoms with Gasteiger partial charge < -0.3 is 4.98 Å². The number of amides is 2. The van der Waals surface area contributed by atoms with Crippen molar-refractivity contribution < 1.29 is 9.59 Å². The summed E-state index contributed by atoms with van der Waals surface area (Å²) in [4.78, 5) is 43.7. The summed E-state index contributed by atoms with van der Waals surface area (Å²) < 4.78 is 0. The molecule has 0 fully saturated rings. The smallest absolute Gasteiger partial charge is 0.266 e. The SMILES string of the molecule is O=C1c2ccccc2[C@@H](C=NCc2nc3ccccc3[nH]2)C(=O)N1c1ccccn1. The van der Waals surface area contributed by atoms with E-state index in [1.165, 1.54) is 0 Å². The summed E-state index contributed by atoms with van der Waals surface area (Å²) in [5, 5.41) is 0. The number of para-hydroxylation sites is 2. The first-order valence-electron chi connectivity index (χ1n) is 9.54. The fourth-order valence-electron chi connectivity index (χ4n) is 3.63. The highest BCUT2D eigenvalue weighted by Gasteiger charge is 2.39. The second-order valence-electron chi connectivity index (χ2n) is 6.92. The van der Waals surface area contributed by atoms with Gasteiger partial charge in [-0.15, -0.1) is 0 Å². The van der Waals surface area contributed by atoms with Gasteiger partial charge in [0.15, 0.2) is 0 Å². The van der Waals surface area contributed by atoms with Gasteiger partial charge in [-0.3, -0.25) is 14.6 Å². The van der Waals surface area contributed by atoms with Gasteiger partial charge in [0.1, 0.15) is 11.6 Å². The Morgan fingerprint density at radius 3 is 2.63 bits per heavy atom. The number of pyridine rings is 1. The Hall–Kier alpha value is -4.13. The van der Waals surface area contributed by atoms with Crippen LogP contribution in [-0.4, -0.2) is 33.0 Å². The minimum atomic E-state index is -0.676. The van der Waals surface area contributed by atoms with Crippen LogP contribution in [0.4, 0.5) is 5.82 Å². The molecule has 2 aromatic heterocycles. The van der Waals surface area contributed by atoms with Crippen LogP contribution in [0.3, 0.4) is 0 Å². The maximum absolute atomic E-state index is 13.2. The highest BCUT2D eigenvalue weighted by atomic mass is 16.2. The second kappa shape index (κ2) is 7.36. The highest BCUT2D eigenvalue weighted by molar-refractivity contribution is 6.28. The van der Waals surface area contributed by atoms with Crippen molar-refractivity contribution in [2.45, 2.75) is 12.5 Å². The number of imide groups is 1. The molecule has 1 aliphatic rings. The van der Waals surface area contributed by atoms with Crippen molar-refractivity contribution in [3.63, 3.8) is 0 Å². The van der Waals surface area contributed by atoms with Crippen LogP contribution in [0.5, 0.6) is 0 Å². The van der Waals surface area contributed by atoms with Crippen molar-refractivity contribution in [2.24, 2.45) is 4.99 Å². The zero-order valence-electron chi connectivity index (χ0n) is 15.9. The van der Waals surface area contributed by atoms with Crippen LogP contribution in [0.1, 0.15) is 27.7 Å². The van der Waals surface area contributed by atoms with Gasteiger partial charge >= 0.3 is 0 Å². The molecule has 0 aliphatic carbocycles. The van der Waals surface area contributed by atoms with Crippen molar-refractivity contribution >= 4 is 34.9 Å². The van der Waals surface area contributed by atoms with Crippen LogP contribution in [0.15, 0.2) is 77.9 Å². The number of aromatic amines is 1. The standard InChI is InChI=1S/C23H17N5O2/c29-22-16-8-2-1-7-15(16)17(23(30)28(22)21-11-5-6-12-25-21)13-24-14-20-26-18-9-3-4-10-19(18)27-20/h1-13,17H,14H2,(H,26,27)/t17-/m1/s1. The molecule has 1 atom stereocenters. The number of fused-ring (bicyclic) bond motifs is 2. The number of carbonyl (C=O) groups excluding carboxylic acids is 2. The van der Waals surface area contributed by atoms with Crippen molar-refractivity contribution in [1.29, 1.82) is 0 Å². The lowest BCUT2D eigenvalue weighted by Crippen LogP contribution is -2.45. The van der Waals surface area contributed by atoms with Gasteiger partial charge in [-0.25, -0.2) is 14.9 Å². The van der Waals surface area contributed by atoms with Crippen LogP contribution in [-0.2, 0) is 11.3 Å². The third kappa shape index (κ3) is 3.06. The fraction of sp³-hybridized carbons (Fsp3) is 0.0870. The summed E-state index contributed by atoms with van der Waals surface area (Å²) in [5.41, 5.74) is 2.93. The van der Waals surface area contributed by atoms with E-state index >= 15 is 0 Å². The first kappa shape index (κ1) is 17.9. The van der Waals surface area contributed by atoms with Crippen LogP contribution in [0.2, 0.25) is 0 Å². The Balaban J connectivity index is 1.48. The molecule has 0 radical (unpaired) electrons. The molecule has 7 nitrogen and oxygen atoms in total. The number of H-pyrrole nitrogens is 1. The predicted molar refractivity (Wildman–Crippen MR) is 114 cm³/mol. The van der Waals surface area contributed by atoms with Crippen LogP contribution < -0.4 is 4.90 Å². The van der Waals surface area contributed by atoms with E-state index in [1.54, 1.807) is 48.8 Å². The number of carbonyl (C=O) groups is 2. The van der Waals surface area contributed by atoms with E-state index in [0.29, 0.717) is 29.3 Å². The van der Waals surface area contributed by atoms with Gasteiger partial charge in [-0.2, -0.15) is 0 Å². The molecular weight excluding hydrogens is 378 g/mol. The number of nitrogens with zero attached hydrogens (tertiary/aromatic N) is 4. The zero-order chi connectivity index (χ0) is 20.5. The molecule has 2 amide bonds. The van der Waals surface area contributed by atoms with Crippen LogP contribution >= 0.6 is 0 Å². The fourth-order valence-corrected chi connectivity index (χ4v) is 3.63. The zero-order valence-corrected chi connectivity index (χ0v) is 15.9. The lowest BCUT2D eigenvalue weighted by atomic mass is 9.89. The van der Waals surface area contributed by atoms with E-state index in [-0.39, 0.29) is 11.8 Å². The van der Waals surface area contributed by atoms with Gasteiger partial charge in [0.25, 0.3) is 5.91 Å². The number of imidazole rings is 1. The minimum Gasteiger partial charge on any atom is -0.340 e. The summed E-state index contributed by atoms with van der Waals surface area (Å²) in [7, 11) is 0. The Labute approximate surface area is 172 Å². The lowest BCUT2D eigenvalue weighted by Gasteiger charge is -2.30. The third-order valence-electron chi connectivity index (χ3n) is 5.03. The predicted octanol–water partition coefficient (Wildman–Crippen LogP) is 3.50. The lowest BCUT2D eigenvalue weighted by molar-refractivity contribution is -0.118. The number of benzene rings is 2. The number of hydrogen-bond acceptors (Lipinski definition) is 5. The first-order chi connectivity index (χ1) is 14.7. The molecule has 0 unspecified atom stereocenters. The summed E-state index contributed by atoms with van der Waals surface area (Å²) >= 11 is 0. The number of aliphatic imine (C=N–C) groups is 1. The molecular formula is C23H17N5O2. The molecule has 0 spiro atoms. The van der Waals surface area contributed by atoms with Crippen molar-refractivity contribution in [1.82, 2.24) is 15.0 Å². The summed E-state index contributed by atoms with van der Waals surface area (Å²) in [5.74, 6) is -0.411. The second-order valence-corrected chi connectivity index (χ2v) is 6.92. The van der Waals surface area contributed by atoms with E-state index < -0.39 is 5.92 Å². The average Bonchev–Trinajstić information content (AvgIpc) is 3.20. The Morgan fingerprint density at radius 1 is 1.00 bits per heavy atom. The van der Waals surface area contributed by atoms with Crippen LogP contribution in [0, 0.1) is 0 Å². The molecule has 7 heteroatoms. The topological polar surface area (TPSA) is 91.3 Å². The minimum absolute atomic E-state index is 0.303. The summed E-state index contributed by atoms with van der Waals surface area (Å²) in [6.07, 6.45) is 3.15. The maximum Gasteiger partial charge on any atom is 0.266 e. The van der Waals surface area contributed by atoms with Gasteiger partial charge in [0.05, 0.1) is 23.5 Å². The van der Waals surface area contributed by atoms with E-state index in [9.17, 15) is 9.59 Å². The van der Waals surface area contributed by atoms with E-state index in [4.69, 9.17) is 0 Å². The molecule has 0 saturated carbocycles.